The number of ether oxygens (including phenoxy) is 1. The van der Waals surface area contributed by atoms with Gasteiger partial charge in [-0.15, -0.1) is 0 Å². The molecule has 192 valence electrons. The van der Waals surface area contributed by atoms with Crippen LogP contribution < -0.4 is 15.0 Å². The van der Waals surface area contributed by atoms with Gasteiger partial charge in [-0.25, -0.2) is 0 Å². The summed E-state index contributed by atoms with van der Waals surface area (Å²) < 4.78 is 46.3. The van der Waals surface area contributed by atoms with Crippen LogP contribution in [0.2, 0.25) is 0 Å². The lowest BCUT2D eigenvalue weighted by atomic mass is 10.0. The van der Waals surface area contributed by atoms with Crippen molar-refractivity contribution >= 4 is 28.9 Å². The lowest BCUT2D eigenvalue weighted by Crippen LogP contribution is -2.44. The van der Waals surface area contributed by atoms with Crippen LogP contribution in [0.3, 0.4) is 0 Å². The Hall–Kier alpha value is -3.16. The molecule has 2 aromatic rings. The van der Waals surface area contributed by atoms with Crippen LogP contribution in [0.1, 0.15) is 50.8 Å². The summed E-state index contributed by atoms with van der Waals surface area (Å²) in [7, 11) is 0. The molecule has 3 rings (SSSR count). The fourth-order valence-corrected chi connectivity index (χ4v) is 4.43. The van der Waals surface area contributed by atoms with Gasteiger partial charge < -0.3 is 15.0 Å². The van der Waals surface area contributed by atoms with Gasteiger partial charge in [0, 0.05) is 19.1 Å². The lowest BCUT2D eigenvalue weighted by molar-refractivity contribution is -0.137. The van der Waals surface area contributed by atoms with E-state index < -0.39 is 28.7 Å². The molecule has 0 spiro atoms. The Balaban J connectivity index is 1.68. The van der Waals surface area contributed by atoms with E-state index in [0.29, 0.717) is 25.6 Å². The van der Waals surface area contributed by atoms with Gasteiger partial charge in [0.25, 0.3) is 5.91 Å². The summed E-state index contributed by atoms with van der Waals surface area (Å²) >= 11 is 5.52. The third kappa shape index (κ3) is 5.97. The smallest absolute Gasteiger partial charge is 0.417 e. The number of nitrogens with one attached hydrogen (secondary N) is 1. The number of rotatable bonds is 9. The second-order valence-corrected chi connectivity index (χ2v) is 9.72. The number of amides is 1. The Morgan fingerprint density at radius 3 is 2.56 bits per heavy atom. The van der Waals surface area contributed by atoms with Gasteiger partial charge in [-0.05, 0) is 68.4 Å². The highest BCUT2D eigenvalue weighted by Crippen LogP contribution is 2.37. The summed E-state index contributed by atoms with van der Waals surface area (Å²) in [6.07, 6.45) is -4.19. The van der Waals surface area contributed by atoms with Crippen molar-refractivity contribution in [3.8, 4) is 11.8 Å². The molecule has 1 fully saturated rings. The maximum Gasteiger partial charge on any atom is 0.417 e. The summed E-state index contributed by atoms with van der Waals surface area (Å²) in [5.41, 5.74) is -1.58. The maximum absolute atomic E-state index is 13.5. The van der Waals surface area contributed by atoms with Gasteiger partial charge in [0.1, 0.15) is 11.3 Å². The quantitative estimate of drug-likeness (QED) is 0.361. The van der Waals surface area contributed by atoms with Crippen molar-refractivity contribution in [2.24, 2.45) is 0 Å². The number of alkyl halides is 3. The van der Waals surface area contributed by atoms with Gasteiger partial charge >= 0.3 is 6.18 Å². The topological polar surface area (TPSA) is 68.6 Å². The number of hydrogen-bond donors (Lipinski definition) is 1. The number of hydrogen-bond acceptors (Lipinski definition) is 5. The Kier molecular flexibility index (Phi) is 8.26. The molecular weight excluding hydrogens is 489 g/mol. The number of benzene rings is 2. The minimum atomic E-state index is -4.74. The number of carbonyl (C=O) groups excluding carboxylic acids is 1. The van der Waals surface area contributed by atoms with Crippen molar-refractivity contribution in [2.45, 2.75) is 58.4 Å². The van der Waals surface area contributed by atoms with E-state index in [9.17, 15) is 18.0 Å². The first-order valence-corrected chi connectivity index (χ1v) is 12.0. The van der Waals surface area contributed by atoms with E-state index in [0.717, 1.165) is 34.9 Å². The number of carbonyl (C=O) groups is 1. The molecule has 6 nitrogen and oxygen atoms in total. The largest absolute Gasteiger partial charge is 0.494 e. The predicted molar refractivity (Wildman–Crippen MR) is 136 cm³/mol. The molecule has 0 unspecified atom stereocenters. The van der Waals surface area contributed by atoms with Gasteiger partial charge in [0.15, 0.2) is 5.11 Å². The fourth-order valence-electron chi connectivity index (χ4n) is 3.92. The van der Waals surface area contributed by atoms with Crippen LogP contribution in [0.15, 0.2) is 42.5 Å². The molecule has 1 aliphatic rings. The predicted octanol–water partition coefficient (Wildman–Crippen LogP) is 5.26. The number of halogens is 3. The van der Waals surface area contributed by atoms with Gasteiger partial charge in [0.05, 0.1) is 29.5 Å². The zero-order valence-corrected chi connectivity index (χ0v) is 21.5. The van der Waals surface area contributed by atoms with Crippen LogP contribution in [0, 0.1) is 11.3 Å². The average Bonchev–Trinajstić information content (AvgIpc) is 2.98. The van der Waals surface area contributed by atoms with E-state index in [-0.39, 0.29) is 10.8 Å². The highest BCUT2D eigenvalue weighted by atomic mass is 32.1. The summed E-state index contributed by atoms with van der Waals surface area (Å²) in [6.45, 7) is 9.00. The average molecular weight is 519 g/mol. The maximum atomic E-state index is 13.5. The third-order valence-electron chi connectivity index (χ3n) is 5.92. The Labute approximate surface area is 214 Å². The molecule has 0 radical (unpaired) electrons. The van der Waals surface area contributed by atoms with E-state index in [4.69, 9.17) is 22.2 Å². The Morgan fingerprint density at radius 1 is 1.19 bits per heavy atom. The number of thiocarbonyl (C=S) groups is 1. The summed E-state index contributed by atoms with van der Waals surface area (Å²) in [6, 6.07) is 12.9. The molecule has 0 aliphatic carbocycles. The summed E-state index contributed by atoms with van der Waals surface area (Å²) in [5.74, 6) is 0.299. The fraction of sp³-hybridized carbons (Fsp3) is 0.423. The zero-order chi connectivity index (χ0) is 26.7. The number of anilines is 1. The molecule has 1 saturated heterocycles. The number of nitriles is 1. The minimum Gasteiger partial charge on any atom is -0.494 e. The van der Waals surface area contributed by atoms with Crippen LogP contribution in [-0.2, 0) is 17.5 Å². The van der Waals surface area contributed by atoms with Crippen LogP contribution in [0.5, 0.6) is 5.75 Å². The van der Waals surface area contributed by atoms with Crippen molar-refractivity contribution in [1.82, 2.24) is 10.2 Å². The molecule has 1 amide bonds. The first-order valence-electron chi connectivity index (χ1n) is 11.6. The molecule has 1 heterocycles. The molecule has 0 saturated carbocycles. The standard InChI is InChI=1S/C26H29F3N4O2S/c1-17(2)31-16-18-7-5-8-21(13-18)35-12-6-11-32-24(36)33(23(34)25(32,3)4)20-10-9-19(15-30)22(14-20)26(27,28)29/h5,7-10,13-14,17,31H,6,11-12,16H2,1-4H3. The van der Waals surface area contributed by atoms with Crippen molar-refractivity contribution in [3.05, 3.63) is 59.2 Å². The SMILES string of the molecule is CC(C)NCc1cccc(OCCCN2C(=S)N(c3ccc(C#N)c(C(F)(F)F)c3)C(=O)C2(C)C)c1. The number of nitrogens with zero attached hydrogens (tertiary/aromatic N) is 3. The first kappa shape index (κ1) is 27.4. The summed E-state index contributed by atoms with van der Waals surface area (Å²) in [5, 5.41) is 12.5. The van der Waals surface area contributed by atoms with Crippen LogP contribution in [0.25, 0.3) is 0 Å². The van der Waals surface area contributed by atoms with Crippen LogP contribution in [0.4, 0.5) is 18.9 Å². The monoisotopic (exact) mass is 518 g/mol. The molecule has 2 aromatic carbocycles. The van der Waals surface area contributed by atoms with Crippen molar-refractivity contribution in [1.29, 1.82) is 5.26 Å². The van der Waals surface area contributed by atoms with Crippen molar-refractivity contribution in [3.63, 3.8) is 0 Å². The van der Waals surface area contributed by atoms with Gasteiger partial charge in [0.2, 0.25) is 0 Å². The second kappa shape index (κ2) is 10.8. The molecule has 1 aliphatic heterocycles. The van der Waals surface area contributed by atoms with E-state index in [2.05, 4.69) is 19.2 Å². The highest BCUT2D eigenvalue weighted by Gasteiger charge is 2.49. The minimum absolute atomic E-state index is 0.0185. The van der Waals surface area contributed by atoms with Crippen molar-refractivity contribution < 1.29 is 22.7 Å². The molecule has 0 atom stereocenters. The van der Waals surface area contributed by atoms with Gasteiger partial charge in [-0.3, -0.25) is 9.69 Å². The second-order valence-electron chi connectivity index (χ2n) is 9.36. The molecule has 0 aromatic heterocycles. The Bertz CT molecular complexity index is 1170. The van der Waals surface area contributed by atoms with Gasteiger partial charge in [-0.2, -0.15) is 18.4 Å². The third-order valence-corrected chi connectivity index (χ3v) is 6.32. The summed E-state index contributed by atoms with van der Waals surface area (Å²) in [4.78, 5) is 16.0. The molecule has 10 heteroatoms. The molecule has 36 heavy (non-hydrogen) atoms. The van der Waals surface area contributed by atoms with E-state index in [1.54, 1.807) is 24.8 Å². The zero-order valence-electron chi connectivity index (χ0n) is 20.6. The van der Waals surface area contributed by atoms with Crippen LogP contribution >= 0.6 is 12.2 Å². The lowest BCUT2D eigenvalue weighted by Gasteiger charge is -2.29. The highest BCUT2D eigenvalue weighted by molar-refractivity contribution is 7.80. The van der Waals surface area contributed by atoms with Gasteiger partial charge in [-0.1, -0.05) is 26.0 Å². The van der Waals surface area contributed by atoms with Crippen LogP contribution in [-0.4, -0.2) is 40.7 Å². The molecule has 1 N–H and O–H groups in total. The van der Waals surface area contributed by atoms with E-state index in [1.165, 1.54) is 6.07 Å². The van der Waals surface area contributed by atoms with E-state index >= 15 is 0 Å². The Morgan fingerprint density at radius 2 is 1.92 bits per heavy atom. The molecular formula is C26H29F3N4O2S. The molecule has 0 bridgehead atoms. The normalized spacial score (nSPS) is 15.5. The van der Waals surface area contributed by atoms with Crippen molar-refractivity contribution in [2.75, 3.05) is 18.1 Å². The van der Waals surface area contributed by atoms with E-state index in [1.807, 2.05) is 24.3 Å². The first-order chi connectivity index (χ1) is 16.9.